The number of amides is 1. The molecular weight excluding hydrogens is 142 g/mol. The molecule has 0 rings (SSSR count). The van der Waals surface area contributed by atoms with E-state index in [1.54, 1.807) is 6.92 Å². The van der Waals surface area contributed by atoms with Crippen molar-refractivity contribution in [1.82, 2.24) is 5.32 Å². The van der Waals surface area contributed by atoms with Crippen LogP contribution in [0.2, 0.25) is 0 Å². The average molecular weight is 159 g/mol. The molecule has 11 heavy (non-hydrogen) atoms. The van der Waals surface area contributed by atoms with Gasteiger partial charge in [0.2, 0.25) is 5.91 Å². The summed E-state index contributed by atoms with van der Waals surface area (Å²) in [7, 11) is 0. The second kappa shape index (κ2) is 5.13. The number of hydrogen-bond donors (Lipinski definition) is 2. The summed E-state index contributed by atoms with van der Waals surface area (Å²) in [6.45, 7) is 5.76. The van der Waals surface area contributed by atoms with Crippen LogP contribution in [0.15, 0.2) is 0 Å². The Balaban J connectivity index is 3.52. The minimum absolute atomic E-state index is 0.00380. The van der Waals surface area contributed by atoms with E-state index in [9.17, 15) is 4.79 Å². The predicted molar refractivity (Wildman–Crippen MR) is 44.1 cm³/mol. The molecule has 0 aliphatic heterocycles. The van der Waals surface area contributed by atoms with E-state index in [0.29, 0.717) is 12.3 Å². The molecule has 1 atom stereocenters. The number of hydrogen-bond acceptors (Lipinski definition) is 2. The van der Waals surface area contributed by atoms with Gasteiger partial charge in [0.1, 0.15) is 0 Å². The lowest BCUT2D eigenvalue weighted by molar-refractivity contribution is -0.122. The van der Waals surface area contributed by atoms with Gasteiger partial charge in [-0.05, 0) is 12.8 Å². The van der Waals surface area contributed by atoms with Gasteiger partial charge in [-0.1, -0.05) is 13.8 Å². The van der Waals surface area contributed by atoms with Gasteiger partial charge < -0.3 is 10.4 Å². The SMILES string of the molecule is CC(C)CC(=O)N[C@H](C)CO. The summed E-state index contributed by atoms with van der Waals surface area (Å²) in [6, 6.07) is -0.124. The van der Waals surface area contributed by atoms with Crippen molar-refractivity contribution < 1.29 is 9.90 Å². The highest BCUT2D eigenvalue weighted by atomic mass is 16.3. The molecule has 0 fully saturated rings. The number of rotatable bonds is 4. The van der Waals surface area contributed by atoms with Crippen LogP contribution in [0.3, 0.4) is 0 Å². The van der Waals surface area contributed by atoms with Crippen molar-refractivity contribution in [3.63, 3.8) is 0 Å². The standard InChI is InChI=1S/C8H17NO2/c1-6(2)4-8(11)9-7(3)5-10/h6-7,10H,4-5H2,1-3H3,(H,9,11)/t7-/m1/s1. The van der Waals surface area contributed by atoms with E-state index in [4.69, 9.17) is 5.11 Å². The summed E-state index contributed by atoms with van der Waals surface area (Å²) in [4.78, 5) is 11.0. The fraction of sp³-hybridized carbons (Fsp3) is 0.875. The van der Waals surface area contributed by atoms with Crippen LogP contribution in [-0.4, -0.2) is 23.7 Å². The summed E-state index contributed by atoms with van der Waals surface area (Å²) in [6.07, 6.45) is 0.532. The maximum absolute atomic E-state index is 11.0. The van der Waals surface area contributed by atoms with E-state index in [0.717, 1.165) is 0 Å². The number of carbonyl (C=O) groups excluding carboxylic acids is 1. The van der Waals surface area contributed by atoms with Crippen molar-refractivity contribution in [2.45, 2.75) is 33.2 Å². The van der Waals surface area contributed by atoms with Gasteiger partial charge in [0.15, 0.2) is 0 Å². The summed E-state index contributed by atoms with van der Waals surface area (Å²) in [5, 5.41) is 11.3. The van der Waals surface area contributed by atoms with Crippen molar-refractivity contribution in [3.05, 3.63) is 0 Å². The first kappa shape index (κ1) is 10.4. The van der Waals surface area contributed by atoms with Crippen LogP contribution >= 0.6 is 0 Å². The van der Waals surface area contributed by atoms with Gasteiger partial charge in [-0.15, -0.1) is 0 Å². The Morgan fingerprint density at radius 3 is 2.36 bits per heavy atom. The quantitative estimate of drug-likeness (QED) is 0.628. The van der Waals surface area contributed by atoms with Crippen LogP contribution in [0.25, 0.3) is 0 Å². The molecule has 0 aliphatic carbocycles. The molecule has 0 spiro atoms. The van der Waals surface area contributed by atoms with Crippen molar-refractivity contribution in [2.75, 3.05) is 6.61 Å². The number of carbonyl (C=O) groups is 1. The first-order chi connectivity index (χ1) is 5.06. The average Bonchev–Trinajstić information content (AvgIpc) is 1.85. The molecule has 0 saturated carbocycles. The number of aliphatic hydroxyl groups is 1. The number of aliphatic hydroxyl groups excluding tert-OH is 1. The fourth-order valence-electron chi connectivity index (χ4n) is 0.750. The minimum Gasteiger partial charge on any atom is -0.394 e. The third-order valence-corrected chi connectivity index (χ3v) is 1.27. The minimum atomic E-state index is -0.124. The molecule has 0 aromatic rings. The van der Waals surface area contributed by atoms with E-state index < -0.39 is 0 Å². The molecule has 0 unspecified atom stereocenters. The maximum Gasteiger partial charge on any atom is 0.220 e. The molecule has 0 aliphatic rings. The maximum atomic E-state index is 11.0. The molecule has 3 heteroatoms. The Hall–Kier alpha value is -0.570. The fourth-order valence-corrected chi connectivity index (χ4v) is 0.750. The first-order valence-corrected chi connectivity index (χ1v) is 3.96. The Morgan fingerprint density at radius 2 is 2.00 bits per heavy atom. The zero-order chi connectivity index (χ0) is 8.85. The summed E-state index contributed by atoms with van der Waals surface area (Å²) in [5.41, 5.74) is 0. The zero-order valence-corrected chi connectivity index (χ0v) is 7.42. The first-order valence-electron chi connectivity index (χ1n) is 3.96. The Kier molecular flexibility index (Phi) is 4.86. The third-order valence-electron chi connectivity index (χ3n) is 1.27. The van der Waals surface area contributed by atoms with Gasteiger partial charge in [-0.25, -0.2) is 0 Å². The van der Waals surface area contributed by atoms with Gasteiger partial charge in [-0.2, -0.15) is 0 Å². The molecule has 0 bridgehead atoms. The van der Waals surface area contributed by atoms with Crippen LogP contribution in [0.4, 0.5) is 0 Å². The molecule has 1 amide bonds. The van der Waals surface area contributed by atoms with Crippen molar-refractivity contribution >= 4 is 5.91 Å². The second-order valence-corrected chi connectivity index (χ2v) is 3.25. The summed E-state index contributed by atoms with van der Waals surface area (Å²) in [5.74, 6) is 0.391. The van der Waals surface area contributed by atoms with E-state index >= 15 is 0 Å². The summed E-state index contributed by atoms with van der Waals surface area (Å²) < 4.78 is 0. The Morgan fingerprint density at radius 1 is 1.45 bits per heavy atom. The van der Waals surface area contributed by atoms with Crippen LogP contribution in [0, 0.1) is 5.92 Å². The van der Waals surface area contributed by atoms with Crippen molar-refractivity contribution in [1.29, 1.82) is 0 Å². The molecule has 66 valence electrons. The van der Waals surface area contributed by atoms with Crippen LogP contribution in [-0.2, 0) is 4.79 Å². The van der Waals surface area contributed by atoms with Crippen molar-refractivity contribution in [2.24, 2.45) is 5.92 Å². The number of nitrogens with one attached hydrogen (secondary N) is 1. The molecule has 0 aromatic heterocycles. The predicted octanol–water partition coefficient (Wildman–Crippen LogP) is 0.529. The monoisotopic (exact) mass is 159 g/mol. The van der Waals surface area contributed by atoms with Crippen LogP contribution in [0.5, 0.6) is 0 Å². The van der Waals surface area contributed by atoms with Gasteiger partial charge in [0, 0.05) is 12.5 Å². The lowest BCUT2D eigenvalue weighted by atomic mass is 10.1. The summed E-state index contributed by atoms with van der Waals surface area (Å²) >= 11 is 0. The second-order valence-electron chi connectivity index (χ2n) is 3.25. The van der Waals surface area contributed by atoms with Crippen LogP contribution in [0.1, 0.15) is 27.2 Å². The molecule has 3 nitrogen and oxygen atoms in total. The highest BCUT2D eigenvalue weighted by Gasteiger charge is 2.07. The molecule has 0 saturated heterocycles. The smallest absolute Gasteiger partial charge is 0.220 e. The van der Waals surface area contributed by atoms with Gasteiger partial charge >= 0.3 is 0 Å². The third kappa shape index (κ3) is 5.85. The Labute approximate surface area is 67.8 Å². The molecule has 0 aromatic carbocycles. The molecule has 0 heterocycles. The normalized spacial score (nSPS) is 13.2. The van der Waals surface area contributed by atoms with Gasteiger partial charge in [-0.3, -0.25) is 4.79 Å². The van der Waals surface area contributed by atoms with E-state index in [-0.39, 0.29) is 18.6 Å². The molecule has 0 radical (unpaired) electrons. The van der Waals surface area contributed by atoms with E-state index in [2.05, 4.69) is 5.32 Å². The van der Waals surface area contributed by atoms with Gasteiger partial charge in [0.05, 0.1) is 6.61 Å². The van der Waals surface area contributed by atoms with Crippen molar-refractivity contribution in [3.8, 4) is 0 Å². The van der Waals surface area contributed by atoms with E-state index in [1.165, 1.54) is 0 Å². The highest BCUT2D eigenvalue weighted by molar-refractivity contribution is 5.76. The van der Waals surface area contributed by atoms with E-state index in [1.807, 2.05) is 13.8 Å². The topological polar surface area (TPSA) is 49.3 Å². The largest absolute Gasteiger partial charge is 0.394 e. The zero-order valence-electron chi connectivity index (χ0n) is 7.42. The Bertz CT molecular complexity index is 123. The van der Waals surface area contributed by atoms with Crippen LogP contribution < -0.4 is 5.32 Å². The lowest BCUT2D eigenvalue weighted by Crippen LogP contribution is -2.35. The highest BCUT2D eigenvalue weighted by Crippen LogP contribution is 1.98. The molecule has 2 N–H and O–H groups in total. The van der Waals surface area contributed by atoms with Gasteiger partial charge in [0.25, 0.3) is 0 Å². The lowest BCUT2D eigenvalue weighted by Gasteiger charge is -2.11. The molecular formula is C8H17NO2.